The molecule has 0 aliphatic carbocycles. The van der Waals surface area contributed by atoms with E-state index in [2.05, 4.69) is 15.9 Å². The first-order chi connectivity index (χ1) is 12.4. The number of anilines is 1. The average Bonchev–Trinajstić information content (AvgIpc) is 3.04. The van der Waals surface area contributed by atoms with Crippen LogP contribution < -0.4 is 4.90 Å². The van der Waals surface area contributed by atoms with Crippen molar-refractivity contribution in [1.29, 1.82) is 0 Å². The Labute approximate surface area is 161 Å². The molecule has 5 nitrogen and oxygen atoms in total. The molecule has 2 aliphatic heterocycles. The zero-order chi connectivity index (χ0) is 18.5. The van der Waals surface area contributed by atoms with Gasteiger partial charge in [0.25, 0.3) is 0 Å². The molecule has 0 saturated carbocycles. The Morgan fingerprint density at radius 2 is 1.73 bits per heavy atom. The van der Waals surface area contributed by atoms with E-state index >= 15 is 0 Å². The van der Waals surface area contributed by atoms with E-state index in [4.69, 9.17) is 0 Å². The first-order valence-corrected chi connectivity index (χ1v) is 10.8. The summed E-state index contributed by atoms with van der Waals surface area (Å²) in [7, 11) is -3.71. The molecule has 0 fully saturated rings. The molecule has 0 bridgehead atoms. The van der Waals surface area contributed by atoms with Gasteiger partial charge in [-0.2, -0.15) is 4.31 Å². The number of nitrogens with zero attached hydrogens (tertiary/aromatic N) is 2. The molecule has 0 aromatic heterocycles. The van der Waals surface area contributed by atoms with Crippen LogP contribution in [0.25, 0.3) is 0 Å². The lowest BCUT2D eigenvalue weighted by Crippen LogP contribution is -2.37. The number of carbonyl (C=O) groups excluding carboxylic acids is 1. The highest BCUT2D eigenvalue weighted by Crippen LogP contribution is 2.39. The van der Waals surface area contributed by atoms with Crippen molar-refractivity contribution in [2.75, 3.05) is 18.0 Å². The molecule has 0 unspecified atom stereocenters. The van der Waals surface area contributed by atoms with E-state index in [1.807, 2.05) is 30.3 Å². The molecule has 136 valence electrons. The lowest BCUT2D eigenvalue weighted by atomic mass is 10.0. The molecule has 0 radical (unpaired) electrons. The minimum Gasteiger partial charge on any atom is -0.311 e. The van der Waals surface area contributed by atoms with Crippen LogP contribution in [0.2, 0.25) is 0 Å². The molecule has 2 aromatic carbocycles. The molecule has 26 heavy (non-hydrogen) atoms. The number of carbonyl (C=O) groups is 1. The Bertz CT molecular complexity index is 1000. The SMILES string of the molecule is CC(=O)N1CCc2cc(Br)cc(S(=O)(=O)N3CCc4ccccc4C3)c21. The second kappa shape index (κ2) is 6.48. The Balaban J connectivity index is 1.79. The molecule has 0 N–H and O–H groups in total. The normalized spacial score (nSPS) is 17.1. The van der Waals surface area contributed by atoms with Crippen LogP contribution >= 0.6 is 15.9 Å². The van der Waals surface area contributed by atoms with E-state index in [1.54, 1.807) is 11.0 Å². The van der Waals surface area contributed by atoms with Crippen LogP contribution in [-0.2, 0) is 34.2 Å². The fraction of sp³-hybridized carbons (Fsp3) is 0.316. The number of amides is 1. The number of halogens is 1. The van der Waals surface area contributed by atoms with E-state index in [-0.39, 0.29) is 10.8 Å². The quantitative estimate of drug-likeness (QED) is 0.729. The molecule has 1 amide bonds. The highest BCUT2D eigenvalue weighted by atomic mass is 79.9. The third-order valence-corrected chi connectivity index (χ3v) is 7.40. The van der Waals surface area contributed by atoms with Crippen molar-refractivity contribution >= 4 is 37.5 Å². The maximum Gasteiger partial charge on any atom is 0.245 e. The van der Waals surface area contributed by atoms with Crippen LogP contribution in [0.1, 0.15) is 23.6 Å². The van der Waals surface area contributed by atoms with Gasteiger partial charge in [-0.1, -0.05) is 40.2 Å². The Hall–Kier alpha value is -1.70. The highest BCUT2D eigenvalue weighted by Gasteiger charge is 2.35. The van der Waals surface area contributed by atoms with E-state index in [0.717, 1.165) is 15.6 Å². The molecular formula is C19H19BrN2O3S. The summed E-state index contributed by atoms with van der Waals surface area (Å²) >= 11 is 3.43. The van der Waals surface area contributed by atoms with Gasteiger partial charge >= 0.3 is 0 Å². The minimum absolute atomic E-state index is 0.133. The Morgan fingerprint density at radius 3 is 2.46 bits per heavy atom. The van der Waals surface area contributed by atoms with E-state index in [9.17, 15) is 13.2 Å². The second-order valence-corrected chi connectivity index (χ2v) is 9.51. The van der Waals surface area contributed by atoms with Gasteiger partial charge in [0.2, 0.25) is 15.9 Å². The van der Waals surface area contributed by atoms with Crippen molar-refractivity contribution in [2.45, 2.75) is 31.2 Å². The number of hydrogen-bond donors (Lipinski definition) is 0. The molecule has 4 rings (SSSR count). The maximum atomic E-state index is 13.4. The number of rotatable bonds is 2. The predicted molar refractivity (Wildman–Crippen MR) is 104 cm³/mol. The average molecular weight is 435 g/mol. The summed E-state index contributed by atoms with van der Waals surface area (Å²) in [5, 5.41) is 0. The number of sulfonamides is 1. The number of fused-ring (bicyclic) bond motifs is 2. The molecule has 0 spiro atoms. The topological polar surface area (TPSA) is 57.7 Å². The Kier molecular flexibility index (Phi) is 4.41. The van der Waals surface area contributed by atoms with Crippen LogP contribution in [-0.4, -0.2) is 31.7 Å². The molecule has 2 aliphatic rings. The van der Waals surface area contributed by atoms with E-state index < -0.39 is 10.0 Å². The summed E-state index contributed by atoms with van der Waals surface area (Å²) in [5.74, 6) is -0.133. The van der Waals surface area contributed by atoms with Crippen molar-refractivity contribution in [3.05, 3.63) is 57.6 Å². The summed E-state index contributed by atoms with van der Waals surface area (Å²) in [6, 6.07) is 11.5. The van der Waals surface area contributed by atoms with Gasteiger partial charge in [0, 0.05) is 31.0 Å². The summed E-state index contributed by atoms with van der Waals surface area (Å²) in [4.78, 5) is 13.8. The standard InChI is InChI=1S/C19H19BrN2O3S/c1-13(23)22-9-7-15-10-17(20)11-18(19(15)22)26(24,25)21-8-6-14-4-2-3-5-16(14)12-21/h2-5,10-11H,6-9,12H2,1H3. The third-order valence-electron chi connectivity index (χ3n) is 5.09. The van der Waals surface area contributed by atoms with Gasteiger partial charge in [-0.3, -0.25) is 4.79 Å². The highest BCUT2D eigenvalue weighted by molar-refractivity contribution is 9.10. The second-order valence-electron chi connectivity index (χ2n) is 6.69. The van der Waals surface area contributed by atoms with Crippen molar-refractivity contribution in [3.63, 3.8) is 0 Å². The van der Waals surface area contributed by atoms with E-state index in [1.165, 1.54) is 16.8 Å². The van der Waals surface area contributed by atoms with Gasteiger partial charge in [0.15, 0.2) is 0 Å². The molecule has 0 saturated heterocycles. The van der Waals surface area contributed by atoms with Gasteiger partial charge in [-0.15, -0.1) is 0 Å². The van der Waals surface area contributed by atoms with Crippen molar-refractivity contribution in [1.82, 2.24) is 4.31 Å². The van der Waals surface area contributed by atoms with E-state index in [0.29, 0.717) is 38.2 Å². The first kappa shape index (κ1) is 17.7. The zero-order valence-corrected chi connectivity index (χ0v) is 16.8. The lowest BCUT2D eigenvalue weighted by molar-refractivity contribution is -0.116. The third kappa shape index (κ3) is 2.88. The molecule has 2 heterocycles. The van der Waals surface area contributed by atoms with Crippen LogP contribution in [0.15, 0.2) is 45.8 Å². The van der Waals surface area contributed by atoms with Gasteiger partial charge in [-0.05, 0) is 41.7 Å². The van der Waals surface area contributed by atoms with Crippen LogP contribution in [0.4, 0.5) is 5.69 Å². The predicted octanol–water partition coefficient (Wildman–Crippen LogP) is 3.11. The summed E-state index contributed by atoms with van der Waals surface area (Å²) in [5.41, 5.74) is 3.67. The first-order valence-electron chi connectivity index (χ1n) is 8.55. The molecule has 7 heteroatoms. The fourth-order valence-electron chi connectivity index (χ4n) is 3.79. The molecule has 2 aromatic rings. The van der Waals surface area contributed by atoms with Crippen molar-refractivity contribution < 1.29 is 13.2 Å². The van der Waals surface area contributed by atoms with Gasteiger partial charge in [-0.25, -0.2) is 8.42 Å². The van der Waals surface area contributed by atoms with Gasteiger partial charge < -0.3 is 4.90 Å². The largest absolute Gasteiger partial charge is 0.311 e. The number of benzene rings is 2. The monoisotopic (exact) mass is 434 g/mol. The van der Waals surface area contributed by atoms with Crippen LogP contribution in [0.5, 0.6) is 0 Å². The molecular weight excluding hydrogens is 416 g/mol. The van der Waals surface area contributed by atoms with Gasteiger partial charge in [0.1, 0.15) is 4.90 Å². The zero-order valence-electron chi connectivity index (χ0n) is 14.4. The minimum atomic E-state index is -3.71. The smallest absolute Gasteiger partial charge is 0.245 e. The summed E-state index contributed by atoms with van der Waals surface area (Å²) < 4.78 is 29.1. The van der Waals surface area contributed by atoms with Crippen molar-refractivity contribution in [3.8, 4) is 0 Å². The van der Waals surface area contributed by atoms with Crippen LogP contribution in [0.3, 0.4) is 0 Å². The fourth-order valence-corrected chi connectivity index (χ4v) is 6.13. The summed E-state index contributed by atoms with van der Waals surface area (Å²) in [6.45, 7) is 2.80. The Morgan fingerprint density at radius 1 is 1.04 bits per heavy atom. The van der Waals surface area contributed by atoms with Gasteiger partial charge in [0.05, 0.1) is 5.69 Å². The van der Waals surface area contributed by atoms with Crippen molar-refractivity contribution in [2.24, 2.45) is 0 Å². The number of hydrogen-bond acceptors (Lipinski definition) is 3. The van der Waals surface area contributed by atoms with Crippen LogP contribution in [0, 0.1) is 0 Å². The lowest BCUT2D eigenvalue weighted by Gasteiger charge is -2.29. The summed E-state index contributed by atoms with van der Waals surface area (Å²) in [6.07, 6.45) is 1.36. The molecule has 0 atom stereocenters. The maximum absolute atomic E-state index is 13.4.